The molecule has 0 bridgehead atoms. The van der Waals surface area contributed by atoms with Crippen LogP contribution in [0.5, 0.6) is 5.75 Å². The molecule has 0 unspecified atom stereocenters. The smallest absolute Gasteiger partial charge is 0.348 e. The van der Waals surface area contributed by atoms with Crippen LogP contribution in [0.4, 0.5) is 17.2 Å². The summed E-state index contributed by atoms with van der Waals surface area (Å²) in [4.78, 5) is 17.7. The highest BCUT2D eigenvalue weighted by molar-refractivity contribution is 6.31. The monoisotopic (exact) mass is 305 g/mol. The van der Waals surface area contributed by atoms with Gasteiger partial charge in [-0.05, 0) is 12.1 Å². The third-order valence-electron chi connectivity index (χ3n) is 2.54. The molecule has 2 aromatic rings. The Morgan fingerprint density at radius 3 is 2.86 bits per heavy atom. The number of nitriles is 1. The molecule has 0 saturated carbocycles. The van der Waals surface area contributed by atoms with Gasteiger partial charge in [0.05, 0.1) is 29.4 Å². The molecule has 106 valence electrons. The molecule has 0 spiro atoms. The van der Waals surface area contributed by atoms with E-state index in [1.54, 1.807) is 12.1 Å². The highest BCUT2D eigenvalue weighted by Gasteiger charge is 2.22. The molecule has 0 amide bonds. The van der Waals surface area contributed by atoms with Gasteiger partial charge in [0.1, 0.15) is 12.1 Å². The average molecular weight is 306 g/mol. The second kappa shape index (κ2) is 6.02. The van der Waals surface area contributed by atoms with Gasteiger partial charge in [0.2, 0.25) is 11.0 Å². The first kappa shape index (κ1) is 14.5. The minimum absolute atomic E-state index is 0.0667. The van der Waals surface area contributed by atoms with Crippen molar-refractivity contribution in [1.29, 1.82) is 5.26 Å². The van der Waals surface area contributed by atoms with Crippen molar-refractivity contribution in [3.8, 4) is 11.8 Å². The van der Waals surface area contributed by atoms with Crippen LogP contribution >= 0.6 is 11.6 Å². The summed E-state index contributed by atoms with van der Waals surface area (Å²) in [5, 5.41) is 22.3. The summed E-state index contributed by atoms with van der Waals surface area (Å²) in [5.41, 5.74) is 0.368. The molecule has 1 aromatic heterocycles. The van der Waals surface area contributed by atoms with Crippen molar-refractivity contribution in [3.05, 3.63) is 45.4 Å². The summed E-state index contributed by atoms with van der Waals surface area (Å²) < 4.78 is 5.13. The van der Waals surface area contributed by atoms with E-state index in [0.717, 1.165) is 6.33 Å². The number of aromatic nitrogens is 2. The summed E-state index contributed by atoms with van der Waals surface area (Å²) in [6.45, 7) is 0. The van der Waals surface area contributed by atoms with Gasteiger partial charge in [-0.25, -0.2) is 9.97 Å². The lowest BCUT2D eigenvalue weighted by atomic mass is 10.2. The summed E-state index contributed by atoms with van der Waals surface area (Å²) in [5.74, 6) is 0.279. The Morgan fingerprint density at radius 2 is 2.24 bits per heavy atom. The van der Waals surface area contributed by atoms with E-state index in [0.29, 0.717) is 17.0 Å². The molecule has 0 aliphatic heterocycles. The van der Waals surface area contributed by atoms with Crippen molar-refractivity contribution in [3.63, 3.8) is 0 Å². The molecule has 0 atom stereocenters. The SMILES string of the molecule is COc1cc(C#N)ccc1Nc1ncnc(Cl)c1[N+](=O)[O-]. The zero-order valence-electron chi connectivity index (χ0n) is 10.7. The molecule has 9 heteroatoms. The number of methoxy groups -OCH3 is 1. The Bertz CT molecular complexity index is 744. The van der Waals surface area contributed by atoms with Crippen LogP contribution < -0.4 is 10.1 Å². The number of ether oxygens (including phenoxy) is 1. The van der Waals surface area contributed by atoms with Gasteiger partial charge in [-0.15, -0.1) is 0 Å². The molecule has 21 heavy (non-hydrogen) atoms. The van der Waals surface area contributed by atoms with Crippen LogP contribution in [-0.4, -0.2) is 22.0 Å². The maximum absolute atomic E-state index is 11.0. The number of benzene rings is 1. The zero-order chi connectivity index (χ0) is 15.4. The molecule has 8 nitrogen and oxygen atoms in total. The molecule has 0 fully saturated rings. The van der Waals surface area contributed by atoms with Crippen molar-refractivity contribution < 1.29 is 9.66 Å². The van der Waals surface area contributed by atoms with Crippen molar-refractivity contribution >= 4 is 28.8 Å². The Morgan fingerprint density at radius 1 is 1.48 bits per heavy atom. The number of nitro groups is 1. The van der Waals surface area contributed by atoms with E-state index in [9.17, 15) is 10.1 Å². The van der Waals surface area contributed by atoms with Gasteiger partial charge >= 0.3 is 5.69 Å². The summed E-state index contributed by atoms with van der Waals surface area (Å²) in [6, 6.07) is 6.56. The van der Waals surface area contributed by atoms with Crippen LogP contribution in [-0.2, 0) is 0 Å². The zero-order valence-corrected chi connectivity index (χ0v) is 11.5. The number of nitrogens with one attached hydrogen (secondary N) is 1. The van der Waals surface area contributed by atoms with E-state index >= 15 is 0 Å². The molecule has 0 aliphatic rings. The van der Waals surface area contributed by atoms with E-state index in [-0.39, 0.29) is 11.0 Å². The van der Waals surface area contributed by atoms with Crippen molar-refractivity contribution in [1.82, 2.24) is 9.97 Å². The lowest BCUT2D eigenvalue weighted by molar-refractivity contribution is -0.384. The Hall–Kier alpha value is -2.92. The first-order chi connectivity index (χ1) is 10.1. The molecule has 0 radical (unpaired) electrons. The van der Waals surface area contributed by atoms with E-state index in [4.69, 9.17) is 21.6 Å². The highest BCUT2D eigenvalue weighted by atomic mass is 35.5. The number of rotatable bonds is 4. The quantitative estimate of drug-likeness (QED) is 0.524. The Kier molecular flexibility index (Phi) is 4.15. The van der Waals surface area contributed by atoms with Crippen molar-refractivity contribution in [2.45, 2.75) is 0 Å². The van der Waals surface area contributed by atoms with Gasteiger partial charge in [-0.3, -0.25) is 10.1 Å². The standard InChI is InChI=1S/C12H8ClN5O3/c1-21-9-4-7(5-14)2-3-8(9)17-12-10(18(19)20)11(13)15-6-16-12/h2-4,6H,1H3,(H,15,16,17). The second-order valence-electron chi connectivity index (χ2n) is 3.77. The minimum Gasteiger partial charge on any atom is -0.495 e. The lowest BCUT2D eigenvalue weighted by Gasteiger charge is -2.10. The van der Waals surface area contributed by atoms with Crippen molar-refractivity contribution in [2.24, 2.45) is 0 Å². The largest absolute Gasteiger partial charge is 0.495 e. The first-order valence-corrected chi connectivity index (χ1v) is 5.94. The number of anilines is 2. The molecular weight excluding hydrogens is 298 g/mol. The van der Waals surface area contributed by atoms with Gasteiger partial charge in [0.25, 0.3) is 0 Å². The third-order valence-corrected chi connectivity index (χ3v) is 2.82. The summed E-state index contributed by atoms with van der Waals surface area (Å²) in [7, 11) is 1.42. The summed E-state index contributed by atoms with van der Waals surface area (Å²) in [6.07, 6.45) is 1.10. The van der Waals surface area contributed by atoms with Gasteiger partial charge in [-0.2, -0.15) is 5.26 Å². The normalized spacial score (nSPS) is 9.76. The van der Waals surface area contributed by atoms with E-state index < -0.39 is 10.6 Å². The van der Waals surface area contributed by atoms with Gasteiger partial charge in [0, 0.05) is 6.07 Å². The van der Waals surface area contributed by atoms with E-state index in [1.165, 1.54) is 13.2 Å². The molecule has 1 N–H and O–H groups in total. The van der Waals surface area contributed by atoms with Crippen molar-refractivity contribution in [2.75, 3.05) is 12.4 Å². The van der Waals surface area contributed by atoms with Crippen LogP contribution in [0.3, 0.4) is 0 Å². The topological polar surface area (TPSA) is 114 Å². The van der Waals surface area contributed by atoms with Gasteiger partial charge in [0.15, 0.2) is 0 Å². The maximum atomic E-state index is 11.0. The predicted molar refractivity (Wildman–Crippen MR) is 74.7 cm³/mol. The number of hydrogen-bond acceptors (Lipinski definition) is 7. The van der Waals surface area contributed by atoms with Crippen LogP contribution in [0.2, 0.25) is 5.15 Å². The minimum atomic E-state index is -0.680. The molecule has 1 aromatic carbocycles. The van der Waals surface area contributed by atoms with Crippen LogP contribution in [0.15, 0.2) is 24.5 Å². The van der Waals surface area contributed by atoms with Crippen LogP contribution in [0, 0.1) is 21.4 Å². The number of halogens is 1. The molecular formula is C12H8ClN5O3. The fraction of sp³-hybridized carbons (Fsp3) is 0.0833. The van der Waals surface area contributed by atoms with E-state index in [1.807, 2.05) is 6.07 Å². The number of hydrogen-bond donors (Lipinski definition) is 1. The molecule has 0 saturated heterocycles. The van der Waals surface area contributed by atoms with Crippen LogP contribution in [0.25, 0.3) is 0 Å². The van der Waals surface area contributed by atoms with E-state index in [2.05, 4.69) is 15.3 Å². The lowest BCUT2D eigenvalue weighted by Crippen LogP contribution is -2.03. The predicted octanol–water partition coefficient (Wildman–Crippen LogP) is 2.66. The highest BCUT2D eigenvalue weighted by Crippen LogP contribution is 2.34. The van der Waals surface area contributed by atoms with Gasteiger partial charge < -0.3 is 10.1 Å². The fourth-order valence-electron chi connectivity index (χ4n) is 1.60. The summed E-state index contributed by atoms with van der Waals surface area (Å²) >= 11 is 5.70. The molecule has 0 aliphatic carbocycles. The third kappa shape index (κ3) is 2.98. The second-order valence-corrected chi connectivity index (χ2v) is 4.13. The molecule has 1 heterocycles. The fourth-order valence-corrected chi connectivity index (χ4v) is 1.80. The van der Waals surface area contributed by atoms with Gasteiger partial charge in [-0.1, -0.05) is 11.6 Å². The number of nitrogens with zero attached hydrogens (tertiary/aromatic N) is 4. The Labute approximate surface area is 124 Å². The first-order valence-electron chi connectivity index (χ1n) is 5.57. The Balaban J connectivity index is 2.46. The average Bonchev–Trinajstić information content (AvgIpc) is 2.47. The van der Waals surface area contributed by atoms with Crippen LogP contribution in [0.1, 0.15) is 5.56 Å². The molecule has 2 rings (SSSR count). The maximum Gasteiger partial charge on any atom is 0.348 e.